The molecule has 0 radical (unpaired) electrons. The summed E-state index contributed by atoms with van der Waals surface area (Å²) in [5, 5.41) is 0. The molecule has 0 N–H and O–H groups in total. The number of benzene rings is 2. The molecule has 0 spiro atoms. The van der Waals surface area contributed by atoms with Crippen molar-refractivity contribution in [2.24, 2.45) is 11.8 Å². The first-order valence-corrected chi connectivity index (χ1v) is 17.5. The van der Waals surface area contributed by atoms with Crippen LogP contribution in [0.3, 0.4) is 0 Å². The van der Waals surface area contributed by atoms with E-state index in [0.717, 1.165) is 94.8 Å². The SMILES string of the molecule is CCCCCC(=O)C=C[C@@H]1[C@@H](CCCCCCC(=O)OCc2ccccc2)[C@@H](OC2CCCCO2)C[C@H]1OCc1ccccc1. The van der Waals surface area contributed by atoms with Gasteiger partial charge in [-0.05, 0) is 61.6 Å². The summed E-state index contributed by atoms with van der Waals surface area (Å²) in [6.07, 6.45) is 16.7. The molecule has 5 atom stereocenters. The van der Waals surface area contributed by atoms with Crippen LogP contribution in [0.5, 0.6) is 0 Å². The highest BCUT2D eigenvalue weighted by molar-refractivity contribution is 5.89. The molecule has 1 unspecified atom stereocenters. The van der Waals surface area contributed by atoms with Crippen molar-refractivity contribution in [1.29, 1.82) is 0 Å². The largest absolute Gasteiger partial charge is 0.461 e. The van der Waals surface area contributed by atoms with Crippen LogP contribution in [-0.4, -0.2) is 36.9 Å². The van der Waals surface area contributed by atoms with E-state index >= 15 is 0 Å². The van der Waals surface area contributed by atoms with Crippen LogP contribution in [0.2, 0.25) is 0 Å². The Morgan fingerprint density at radius 3 is 2.24 bits per heavy atom. The zero-order valence-electron chi connectivity index (χ0n) is 27.3. The first-order chi connectivity index (χ1) is 22.1. The van der Waals surface area contributed by atoms with Crippen LogP contribution < -0.4 is 0 Å². The molecule has 45 heavy (non-hydrogen) atoms. The quantitative estimate of drug-likeness (QED) is 0.0838. The third kappa shape index (κ3) is 12.8. The number of hydrogen-bond acceptors (Lipinski definition) is 6. The number of esters is 1. The minimum absolute atomic E-state index is 0.0201. The van der Waals surface area contributed by atoms with Crippen molar-refractivity contribution in [2.75, 3.05) is 6.61 Å². The highest BCUT2D eigenvalue weighted by Gasteiger charge is 2.44. The molecule has 0 aromatic heterocycles. The number of hydrogen-bond donors (Lipinski definition) is 0. The first-order valence-electron chi connectivity index (χ1n) is 17.5. The topological polar surface area (TPSA) is 71.1 Å². The Hall–Kier alpha value is -2.80. The maximum absolute atomic E-state index is 12.8. The molecule has 0 amide bonds. The third-order valence-electron chi connectivity index (χ3n) is 9.08. The lowest BCUT2D eigenvalue weighted by Gasteiger charge is -2.30. The summed E-state index contributed by atoms with van der Waals surface area (Å²) in [6, 6.07) is 20.1. The second-order valence-corrected chi connectivity index (χ2v) is 12.7. The van der Waals surface area contributed by atoms with E-state index in [1.165, 1.54) is 0 Å². The number of ether oxygens (including phenoxy) is 4. The van der Waals surface area contributed by atoms with Crippen molar-refractivity contribution in [1.82, 2.24) is 0 Å². The Balaban J connectivity index is 1.33. The molecule has 246 valence electrons. The lowest BCUT2D eigenvalue weighted by Crippen LogP contribution is -2.31. The average molecular weight is 619 g/mol. The van der Waals surface area contributed by atoms with Gasteiger partial charge in [-0.1, -0.05) is 106 Å². The molecule has 2 aliphatic rings. The second-order valence-electron chi connectivity index (χ2n) is 12.7. The summed E-state index contributed by atoms with van der Waals surface area (Å²) < 4.78 is 24.7. The van der Waals surface area contributed by atoms with Gasteiger partial charge in [-0.3, -0.25) is 9.59 Å². The summed E-state index contributed by atoms with van der Waals surface area (Å²) in [5.41, 5.74) is 2.16. The van der Waals surface area contributed by atoms with Gasteiger partial charge < -0.3 is 18.9 Å². The lowest BCUT2D eigenvalue weighted by atomic mass is 9.87. The Morgan fingerprint density at radius 1 is 0.822 bits per heavy atom. The minimum Gasteiger partial charge on any atom is -0.461 e. The van der Waals surface area contributed by atoms with Gasteiger partial charge in [0, 0.05) is 31.8 Å². The Bertz CT molecular complexity index is 1130. The molecular weight excluding hydrogens is 564 g/mol. The Morgan fingerprint density at radius 2 is 1.53 bits per heavy atom. The highest BCUT2D eigenvalue weighted by atomic mass is 16.7. The fraction of sp³-hybridized carbons (Fsp3) is 0.590. The number of ketones is 1. The zero-order valence-corrected chi connectivity index (χ0v) is 27.3. The van der Waals surface area contributed by atoms with Gasteiger partial charge in [0.2, 0.25) is 0 Å². The van der Waals surface area contributed by atoms with E-state index in [4.69, 9.17) is 18.9 Å². The van der Waals surface area contributed by atoms with E-state index in [1.807, 2.05) is 54.6 Å². The molecule has 1 saturated carbocycles. The normalized spacial score (nSPS) is 23.4. The maximum Gasteiger partial charge on any atom is 0.306 e. The number of allylic oxidation sites excluding steroid dienone is 1. The lowest BCUT2D eigenvalue weighted by molar-refractivity contribution is -0.196. The molecule has 0 bridgehead atoms. The standard InChI is InChI=1S/C39H54O6/c1-2-3-8-21-33(40)25-26-35-34(22-13-4-5-14-23-38(41)44-30-32-19-11-7-12-20-32)37(45-39-24-15-16-27-42-39)28-36(35)43-29-31-17-9-6-10-18-31/h6-7,9-12,17-20,25-26,34-37,39H,2-5,8,13-16,21-24,27-30H2,1H3/t34-,35-,36-,37+,39?/m1/s1. The van der Waals surface area contributed by atoms with Crippen molar-refractivity contribution in [3.8, 4) is 0 Å². The smallest absolute Gasteiger partial charge is 0.306 e. The van der Waals surface area contributed by atoms with Gasteiger partial charge in [0.25, 0.3) is 0 Å². The van der Waals surface area contributed by atoms with Gasteiger partial charge in [-0.25, -0.2) is 0 Å². The summed E-state index contributed by atoms with van der Waals surface area (Å²) in [5.74, 6) is 0.406. The van der Waals surface area contributed by atoms with Gasteiger partial charge in [0.15, 0.2) is 12.1 Å². The summed E-state index contributed by atoms with van der Waals surface area (Å²) >= 11 is 0. The molecule has 2 aromatic rings. The van der Waals surface area contributed by atoms with Crippen LogP contribution in [0.25, 0.3) is 0 Å². The van der Waals surface area contributed by atoms with Crippen molar-refractivity contribution in [2.45, 2.75) is 129 Å². The van der Waals surface area contributed by atoms with Gasteiger partial charge in [0.1, 0.15) is 6.61 Å². The maximum atomic E-state index is 12.8. The van der Waals surface area contributed by atoms with Crippen LogP contribution >= 0.6 is 0 Å². The van der Waals surface area contributed by atoms with Gasteiger partial charge in [0.05, 0.1) is 18.8 Å². The van der Waals surface area contributed by atoms with Crippen molar-refractivity contribution in [3.05, 3.63) is 83.9 Å². The van der Waals surface area contributed by atoms with Crippen molar-refractivity contribution in [3.63, 3.8) is 0 Å². The molecule has 2 aromatic carbocycles. The average Bonchev–Trinajstić information content (AvgIpc) is 3.40. The van der Waals surface area contributed by atoms with Crippen LogP contribution in [-0.2, 0) is 41.8 Å². The molecular formula is C39H54O6. The van der Waals surface area contributed by atoms with Crippen molar-refractivity contribution < 1.29 is 28.5 Å². The van der Waals surface area contributed by atoms with E-state index < -0.39 is 0 Å². The minimum atomic E-state index is -0.165. The van der Waals surface area contributed by atoms with Crippen molar-refractivity contribution >= 4 is 11.8 Å². The monoisotopic (exact) mass is 618 g/mol. The molecule has 1 saturated heterocycles. The van der Waals surface area contributed by atoms with Crippen LogP contribution in [0.1, 0.15) is 108 Å². The molecule has 2 fully saturated rings. The summed E-state index contributed by atoms with van der Waals surface area (Å²) in [6.45, 7) is 3.78. The molecule has 1 heterocycles. The number of unbranched alkanes of at least 4 members (excludes halogenated alkanes) is 5. The van der Waals surface area contributed by atoms with Gasteiger partial charge in [-0.2, -0.15) is 0 Å². The van der Waals surface area contributed by atoms with Gasteiger partial charge >= 0.3 is 5.97 Å². The van der Waals surface area contributed by atoms with E-state index in [2.05, 4.69) is 25.1 Å². The third-order valence-corrected chi connectivity index (χ3v) is 9.08. The fourth-order valence-electron chi connectivity index (χ4n) is 6.52. The van der Waals surface area contributed by atoms with E-state index in [9.17, 15) is 9.59 Å². The van der Waals surface area contributed by atoms with E-state index in [0.29, 0.717) is 26.1 Å². The zero-order chi connectivity index (χ0) is 31.5. The molecule has 1 aliphatic carbocycles. The predicted molar refractivity (Wildman–Crippen MR) is 177 cm³/mol. The number of rotatable bonds is 20. The Kier molecular flexibility index (Phi) is 15.9. The molecule has 6 nitrogen and oxygen atoms in total. The Labute approximate surface area is 270 Å². The van der Waals surface area contributed by atoms with Crippen LogP contribution in [0.4, 0.5) is 0 Å². The summed E-state index contributed by atoms with van der Waals surface area (Å²) in [7, 11) is 0. The van der Waals surface area contributed by atoms with E-state index in [-0.39, 0.29) is 42.1 Å². The predicted octanol–water partition coefficient (Wildman–Crippen LogP) is 8.91. The fourth-order valence-corrected chi connectivity index (χ4v) is 6.52. The molecule has 4 rings (SSSR count). The number of carbonyl (C=O) groups is 2. The van der Waals surface area contributed by atoms with Crippen LogP contribution in [0.15, 0.2) is 72.8 Å². The van der Waals surface area contributed by atoms with E-state index in [1.54, 1.807) is 0 Å². The summed E-state index contributed by atoms with van der Waals surface area (Å²) in [4.78, 5) is 25.0. The first kappa shape index (κ1) is 35.1. The molecule has 6 heteroatoms. The number of carbonyl (C=O) groups excluding carboxylic acids is 2. The molecule has 1 aliphatic heterocycles. The van der Waals surface area contributed by atoms with Crippen LogP contribution in [0, 0.1) is 11.8 Å². The highest BCUT2D eigenvalue weighted by Crippen LogP contribution is 2.42. The second kappa shape index (κ2) is 20.3. The van der Waals surface area contributed by atoms with Gasteiger partial charge in [-0.15, -0.1) is 0 Å².